The van der Waals surface area contributed by atoms with Crippen LogP contribution in [0, 0.1) is 0 Å². The fraction of sp³-hybridized carbons (Fsp3) is 0.217. The summed E-state index contributed by atoms with van der Waals surface area (Å²) in [6, 6.07) is 19.6. The third-order valence-electron chi connectivity index (χ3n) is 4.76. The first kappa shape index (κ1) is 20.3. The first-order valence-corrected chi connectivity index (χ1v) is 10.1. The Kier molecular flexibility index (Phi) is 6.37. The number of carbonyl (C=O) groups excluding carboxylic acids is 2. The maximum absolute atomic E-state index is 12.3. The molecule has 0 saturated carbocycles. The van der Waals surface area contributed by atoms with Gasteiger partial charge in [-0.1, -0.05) is 30.3 Å². The number of aromatic nitrogens is 2. The Morgan fingerprint density at radius 2 is 1.65 bits per heavy atom. The van der Waals surface area contributed by atoms with Crippen LogP contribution in [0.25, 0.3) is 0 Å². The molecule has 1 saturated heterocycles. The molecule has 0 unspecified atom stereocenters. The molecule has 0 aliphatic carbocycles. The summed E-state index contributed by atoms with van der Waals surface area (Å²) in [5.74, 6) is 0.675. The molecule has 0 radical (unpaired) electrons. The van der Waals surface area contributed by atoms with Gasteiger partial charge in [0.15, 0.2) is 23.9 Å². The van der Waals surface area contributed by atoms with E-state index in [2.05, 4.69) is 20.4 Å². The Bertz CT molecular complexity index is 1030. The van der Waals surface area contributed by atoms with Crippen molar-refractivity contribution in [1.29, 1.82) is 0 Å². The van der Waals surface area contributed by atoms with Gasteiger partial charge >= 0.3 is 5.97 Å². The first-order chi connectivity index (χ1) is 15.2. The summed E-state index contributed by atoms with van der Waals surface area (Å²) in [5.41, 5.74) is 0.533. The number of carbonyl (C=O) groups is 2. The molecule has 31 heavy (non-hydrogen) atoms. The first-order valence-electron chi connectivity index (χ1n) is 10.1. The van der Waals surface area contributed by atoms with Gasteiger partial charge in [-0.2, -0.15) is 0 Å². The minimum Gasteiger partial charge on any atom is -0.455 e. The van der Waals surface area contributed by atoms with Gasteiger partial charge in [0.05, 0.1) is 5.69 Å². The lowest BCUT2D eigenvalue weighted by atomic mass is 10.3. The van der Waals surface area contributed by atoms with Crippen LogP contribution in [0.2, 0.25) is 0 Å². The van der Waals surface area contributed by atoms with Crippen LogP contribution in [-0.4, -0.2) is 41.8 Å². The predicted molar refractivity (Wildman–Crippen MR) is 115 cm³/mol. The summed E-state index contributed by atoms with van der Waals surface area (Å²) in [4.78, 5) is 26.6. The summed E-state index contributed by atoms with van der Waals surface area (Å²) in [5, 5.41) is 10.7. The molecular weight excluding hydrogens is 396 g/mol. The summed E-state index contributed by atoms with van der Waals surface area (Å²) in [7, 11) is 0. The highest BCUT2D eigenvalue weighted by atomic mass is 16.5. The maximum Gasteiger partial charge on any atom is 0.359 e. The van der Waals surface area contributed by atoms with Crippen molar-refractivity contribution in [3.8, 4) is 11.5 Å². The zero-order valence-corrected chi connectivity index (χ0v) is 16.9. The molecule has 8 nitrogen and oxygen atoms in total. The third kappa shape index (κ3) is 5.36. The van der Waals surface area contributed by atoms with Crippen molar-refractivity contribution in [2.75, 3.05) is 29.9 Å². The van der Waals surface area contributed by atoms with Crippen molar-refractivity contribution < 1.29 is 19.1 Å². The molecule has 1 N–H and O–H groups in total. The molecule has 158 valence electrons. The van der Waals surface area contributed by atoms with Gasteiger partial charge in [0, 0.05) is 13.1 Å². The highest BCUT2D eigenvalue weighted by Gasteiger charge is 2.17. The summed E-state index contributed by atoms with van der Waals surface area (Å²) >= 11 is 0. The van der Waals surface area contributed by atoms with E-state index in [-0.39, 0.29) is 5.69 Å². The number of anilines is 2. The second-order valence-corrected chi connectivity index (χ2v) is 7.01. The zero-order chi connectivity index (χ0) is 21.5. The van der Waals surface area contributed by atoms with E-state index in [1.165, 1.54) is 0 Å². The molecule has 1 amide bonds. The number of benzene rings is 2. The molecule has 4 rings (SSSR count). The lowest BCUT2D eigenvalue weighted by Crippen LogP contribution is -2.22. The van der Waals surface area contributed by atoms with E-state index in [1.807, 2.05) is 30.3 Å². The second-order valence-electron chi connectivity index (χ2n) is 7.01. The van der Waals surface area contributed by atoms with Crippen LogP contribution < -0.4 is 15.0 Å². The summed E-state index contributed by atoms with van der Waals surface area (Å²) in [6.07, 6.45) is 2.25. The molecule has 1 aliphatic rings. The number of para-hydroxylation sites is 3. The molecule has 1 fully saturated rings. The number of rotatable bonds is 7. The van der Waals surface area contributed by atoms with Gasteiger partial charge in [-0.3, -0.25) is 4.79 Å². The fourth-order valence-electron chi connectivity index (χ4n) is 3.21. The molecule has 1 aliphatic heterocycles. The smallest absolute Gasteiger partial charge is 0.359 e. The quantitative estimate of drug-likeness (QED) is 0.585. The van der Waals surface area contributed by atoms with Crippen molar-refractivity contribution in [2.24, 2.45) is 0 Å². The number of amides is 1. The molecular formula is C23H22N4O4. The van der Waals surface area contributed by atoms with Crippen LogP contribution in [0.1, 0.15) is 23.3 Å². The van der Waals surface area contributed by atoms with Gasteiger partial charge in [-0.05, 0) is 49.2 Å². The Hall–Kier alpha value is -3.94. The number of nitrogens with one attached hydrogen (secondary N) is 1. The van der Waals surface area contributed by atoms with Crippen LogP contribution in [0.4, 0.5) is 11.5 Å². The highest BCUT2D eigenvalue weighted by Crippen LogP contribution is 2.29. The van der Waals surface area contributed by atoms with E-state index in [9.17, 15) is 9.59 Å². The van der Waals surface area contributed by atoms with Crippen molar-refractivity contribution in [2.45, 2.75) is 12.8 Å². The average Bonchev–Trinajstić information content (AvgIpc) is 3.35. The second kappa shape index (κ2) is 9.71. The van der Waals surface area contributed by atoms with Gasteiger partial charge < -0.3 is 19.7 Å². The van der Waals surface area contributed by atoms with Crippen molar-refractivity contribution in [3.63, 3.8) is 0 Å². The van der Waals surface area contributed by atoms with Crippen LogP contribution in [0.15, 0.2) is 66.7 Å². The number of esters is 1. The molecule has 0 spiro atoms. The summed E-state index contributed by atoms with van der Waals surface area (Å²) < 4.78 is 10.9. The largest absolute Gasteiger partial charge is 0.455 e. The average molecular weight is 418 g/mol. The van der Waals surface area contributed by atoms with Crippen LogP contribution in [0.3, 0.4) is 0 Å². The molecule has 2 heterocycles. The van der Waals surface area contributed by atoms with E-state index in [1.54, 1.807) is 36.4 Å². The fourth-order valence-corrected chi connectivity index (χ4v) is 3.21. The molecule has 1 aromatic heterocycles. The number of hydrogen-bond acceptors (Lipinski definition) is 7. The minimum atomic E-state index is -0.704. The number of hydrogen-bond donors (Lipinski definition) is 1. The Labute approximate surface area is 179 Å². The highest BCUT2D eigenvalue weighted by molar-refractivity contribution is 5.95. The SMILES string of the molecule is O=C(COC(=O)c1ccc(N2CCCC2)nn1)Nc1ccccc1Oc1ccccc1. The Balaban J connectivity index is 1.31. The molecule has 0 atom stereocenters. The van der Waals surface area contributed by atoms with Crippen molar-refractivity contribution >= 4 is 23.4 Å². The van der Waals surface area contributed by atoms with E-state index >= 15 is 0 Å². The van der Waals surface area contributed by atoms with Crippen LogP contribution >= 0.6 is 0 Å². The minimum absolute atomic E-state index is 0.0589. The van der Waals surface area contributed by atoms with E-state index in [4.69, 9.17) is 9.47 Å². The lowest BCUT2D eigenvalue weighted by molar-refractivity contribution is -0.119. The van der Waals surface area contributed by atoms with Crippen LogP contribution in [-0.2, 0) is 9.53 Å². The van der Waals surface area contributed by atoms with Crippen molar-refractivity contribution in [1.82, 2.24) is 10.2 Å². The van der Waals surface area contributed by atoms with Gasteiger partial charge in [0.25, 0.3) is 5.91 Å². The Morgan fingerprint density at radius 1 is 0.903 bits per heavy atom. The maximum atomic E-state index is 12.3. The Morgan fingerprint density at radius 3 is 2.39 bits per heavy atom. The normalized spacial score (nSPS) is 13.0. The third-order valence-corrected chi connectivity index (χ3v) is 4.76. The van der Waals surface area contributed by atoms with E-state index in [0.29, 0.717) is 17.2 Å². The van der Waals surface area contributed by atoms with Gasteiger partial charge in [0.1, 0.15) is 5.75 Å². The van der Waals surface area contributed by atoms with Gasteiger partial charge in [-0.25, -0.2) is 4.79 Å². The zero-order valence-electron chi connectivity index (χ0n) is 16.9. The topological polar surface area (TPSA) is 93.7 Å². The monoisotopic (exact) mass is 418 g/mol. The van der Waals surface area contributed by atoms with Gasteiger partial charge in [-0.15, -0.1) is 10.2 Å². The summed E-state index contributed by atoms with van der Waals surface area (Å²) in [6.45, 7) is 1.43. The molecule has 3 aromatic rings. The molecule has 2 aromatic carbocycles. The van der Waals surface area contributed by atoms with Gasteiger partial charge in [0.2, 0.25) is 0 Å². The van der Waals surface area contributed by atoms with Crippen molar-refractivity contribution in [3.05, 3.63) is 72.4 Å². The lowest BCUT2D eigenvalue weighted by Gasteiger charge is -2.15. The molecule has 0 bridgehead atoms. The number of ether oxygens (including phenoxy) is 2. The van der Waals surface area contributed by atoms with E-state index < -0.39 is 18.5 Å². The van der Waals surface area contributed by atoms with E-state index in [0.717, 1.165) is 31.7 Å². The number of nitrogens with zero attached hydrogens (tertiary/aromatic N) is 3. The molecule has 8 heteroatoms. The predicted octanol–water partition coefficient (Wildman–Crippen LogP) is 3.66. The standard InChI is InChI=1S/C23H22N4O4/c28-22(24-18-10-4-5-11-20(18)31-17-8-2-1-3-9-17)16-30-23(29)19-12-13-21(26-25-19)27-14-6-7-15-27/h1-5,8-13H,6-7,14-16H2,(H,24,28). The van der Waals surface area contributed by atoms with Crippen LogP contribution in [0.5, 0.6) is 11.5 Å².